The number of sulfonamides is 1. The quantitative estimate of drug-likeness (QED) is 0.638. The Bertz CT molecular complexity index is 1080. The second-order valence-electron chi connectivity index (χ2n) is 6.77. The van der Waals surface area contributed by atoms with Gasteiger partial charge in [-0.05, 0) is 31.2 Å². The highest BCUT2D eigenvalue weighted by Gasteiger charge is 2.30. The number of hydrogen-bond acceptors (Lipinski definition) is 4. The van der Waals surface area contributed by atoms with Gasteiger partial charge >= 0.3 is 0 Å². The molecule has 0 fully saturated rings. The molecule has 0 saturated heterocycles. The van der Waals surface area contributed by atoms with E-state index >= 15 is 0 Å². The monoisotopic (exact) mass is 473 g/mol. The van der Waals surface area contributed by atoms with Gasteiger partial charge in [-0.15, -0.1) is 0 Å². The van der Waals surface area contributed by atoms with Crippen LogP contribution in [0.1, 0.15) is 12.5 Å². The first-order chi connectivity index (χ1) is 14.5. The molecule has 168 valence electrons. The Kier molecular flexibility index (Phi) is 7.96. The van der Waals surface area contributed by atoms with Crippen molar-refractivity contribution in [2.45, 2.75) is 19.5 Å². The van der Waals surface area contributed by atoms with Crippen LogP contribution >= 0.6 is 11.6 Å². The third-order valence-electron chi connectivity index (χ3n) is 4.58. The molecule has 1 atom stereocenters. The number of carbonyl (C=O) groups excluding carboxylic acids is 2. The zero-order valence-corrected chi connectivity index (χ0v) is 18.7. The molecule has 2 aromatic carbocycles. The average Bonchev–Trinajstić information content (AvgIpc) is 2.71. The second kappa shape index (κ2) is 10.1. The number of halogens is 3. The average molecular weight is 474 g/mol. The van der Waals surface area contributed by atoms with Gasteiger partial charge in [0.2, 0.25) is 21.8 Å². The summed E-state index contributed by atoms with van der Waals surface area (Å²) >= 11 is 5.76. The van der Waals surface area contributed by atoms with E-state index < -0.39 is 46.1 Å². The number of amides is 2. The van der Waals surface area contributed by atoms with E-state index in [1.54, 1.807) is 6.07 Å². The fourth-order valence-electron chi connectivity index (χ4n) is 2.86. The smallest absolute Gasteiger partial charge is 0.244 e. The van der Waals surface area contributed by atoms with E-state index in [1.807, 2.05) is 0 Å². The number of anilines is 1. The van der Waals surface area contributed by atoms with Crippen molar-refractivity contribution in [2.24, 2.45) is 0 Å². The summed E-state index contributed by atoms with van der Waals surface area (Å²) < 4.78 is 53.1. The maximum atomic E-state index is 14.2. The standard InChI is InChI=1S/C20H22ClF2N3O4S/c1-13(20(28)24-2)25(11-14-6-4-5-7-17(14)22)19(27)12-26(31(3,29)30)15-8-9-18(23)16(21)10-15/h4-10,13H,11-12H2,1-3H3,(H,24,28)/t13-/m1/s1. The number of nitrogens with one attached hydrogen (secondary N) is 1. The minimum absolute atomic E-state index is 0.0271. The summed E-state index contributed by atoms with van der Waals surface area (Å²) in [6.07, 6.45) is 0.876. The van der Waals surface area contributed by atoms with Crippen molar-refractivity contribution in [1.29, 1.82) is 0 Å². The minimum Gasteiger partial charge on any atom is -0.357 e. The van der Waals surface area contributed by atoms with Crippen LogP contribution < -0.4 is 9.62 Å². The molecular formula is C20H22ClF2N3O4S. The van der Waals surface area contributed by atoms with Gasteiger partial charge < -0.3 is 10.2 Å². The molecule has 2 rings (SSSR count). The number of rotatable bonds is 8. The largest absolute Gasteiger partial charge is 0.357 e. The third kappa shape index (κ3) is 6.14. The van der Waals surface area contributed by atoms with Crippen molar-refractivity contribution in [3.05, 3.63) is 64.7 Å². The molecule has 7 nitrogen and oxygen atoms in total. The zero-order chi connectivity index (χ0) is 23.3. The molecule has 31 heavy (non-hydrogen) atoms. The summed E-state index contributed by atoms with van der Waals surface area (Å²) in [6.45, 7) is 0.482. The van der Waals surface area contributed by atoms with Crippen LogP contribution in [-0.2, 0) is 26.2 Å². The normalized spacial score (nSPS) is 12.2. The van der Waals surface area contributed by atoms with Crippen LogP contribution in [0.2, 0.25) is 5.02 Å². The van der Waals surface area contributed by atoms with Gasteiger partial charge in [-0.25, -0.2) is 17.2 Å². The van der Waals surface area contributed by atoms with Crippen LogP contribution in [-0.4, -0.2) is 51.0 Å². The highest BCUT2D eigenvalue weighted by molar-refractivity contribution is 7.92. The van der Waals surface area contributed by atoms with Crippen LogP contribution in [0.25, 0.3) is 0 Å². The van der Waals surface area contributed by atoms with Gasteiger partial charge in [-0.3, -0.25) is 13.9 Å². The van der Waals surface area contributed by atoms with Crippen molar-refractivity contribution in [3.63, 3.8) is 0 Å². The molecule has 0 bridgehead atoms. The Labute approximate surface area is 184 Å². The van der Waals surface area contributed by atoms with Crippen LogP contribution in [0.15, 0.2) is 42.5 Å². The molecule has 2 amide bonds. The van der Waals surface area contributed by atoms with E-state index in [0.717, 1.165) is 27.6 Å². The van der Waals surface area contributed by atoms with E-state index in [2.05, 4.69) is 5.32 Å². The first-order valence-electron chi connectivity index (χ1n) is 9.13. The molecule has 0 aliphatic heterocycles. The predicted octanol–water partition coefficient (Wildman–Crippen LogP) is 2.55. The van der Waals surface area contributed by atoms with E-state index in [4.69, 9.17) is 11.6 Å². The summed E-state index contributed by atoms with van der Waals surface area (Å²) in [5, 5.41) is 2.09. The van der Waals surface area contributed by atoms with Gasteiger partial charge in [0.05, 0.1) is 17.0 Å². The maximum Gasteiger partial charge on any atom is 0.244 e. The van der Waals surface area contributed by atoms with Gasteiger partial charge in [0.15, 0.2) is 0 Å². The van der Waals surface area contributed by atoms with E-state index in [1.165, 1.54) is 38.2 Å². The number of hydrogen-bond donors (Lipinski definition) is 1. The number of carbonyl (C=O) groups is 2. The topological polar surface area (TPSA) is 86.8 Å². The van der Waals surface area contributed by atoms with Gasteiger partial charge in [0.1, 0.15) is 24.2 Å². The van der Waals surface area contributed by atoms with Crippen molar-refractivity contribution >= 4 is 39.1 Å². The molecule has 0 aromatic heterocycles. The van der Waals surface area contributed by atoms with Gasteiger partial charge in [-0.1, -0.05) is 29.8 Å². The lowest BCUT2D eigenvalue weighted by Gasteiger charge is -2.31. The molecule has 0 saturated carbocycles. The lowest BCUT2D eigenvalue weighted by atomic mass is 10.1. The summed E-state index contributed by atoms with van der Waals surface area (Å²) in [4.78, 5) is 26.4. The summed E-state index contributed by atoms with van der Waals surface area (Å²) in [6, 6.07) is 7.94. The molecule has 1 N–H and O–H groups in total. The van der Waals surface area contributed by atoms with Crippen molar-refractivity contribution < 1.29 is 26.8 Å². The predicted molar refractivity (Wildman–Crippen MR) is 114 cm³/mol. The minimum atomic E-state index is -3.98. The summed E-state index contributed by atoms with van der Waals surface area (Å²) in [5.41, 5.74) is 0.128. The summed E-state index contributed by atoms with van der Waals surface area (Å²) in [7, 11) is -2.60. The Balaban J connectivity index is 2.42. The second-order valence-corrected chi connectivity index (χ2v) is 9.09. The van der Waals surface area contributed by atoms with E-state index in [-0.39, 0.29) is 22.8 Å². The molecule has 2 aromatic rings. The maximum absolute atomic E-state index is 14.2. The highest BCUT2D eigenvalue weighted by Crippen LogP contribution is 2.25. The number of likely N-dealkylation sites (N-methyl/N-ethyl adjacent to an activating group) is 1. The van der Waals surface area contributed by atoms with Crippen molar-refractivity contribution in [2.75, 3.05) is 24.2 Å². The van der Waals surface area contributed by atoms with Crippen LogP contribution in [0.3, 0.4) is 0 Å². The zero-order valence-electron chi connectivity index (χ0n) is 17.1. The fourth-order valence-corrected chi connectivity index (χ4v) is 3.87. The Morgan fingerprint density at radius 3 is 2.32 bits per heavy atom. The van der Waals surface area contributed by atoms with Crippen molar-refractivity contribution in [1.82, 2.24) is 10.2 Å². The van der Waals surface area contributed by atoms with Crippen molar-refractivity contribution in [3.8, 4) is 0 Å². The third-order valence-corrected chi connectivity index (χ3v) is 6.01. The van der Waals surface area contributed by atoms with Gasteiger partial charge in [0, 0.05) is 19.2 Å². The molecule has 0 spiro atoms. The van der Waals surface area contributed by atoms with Crippen LogP contribution in [0.4, 0.5) is 14.5 Å². The lowest BCUT2D eigenvalue weighted by molar-refractivity contribution is -0.139. The first kappa shape index (κ1) is 24.5. The Morgan fingerprint density at radius 1 is 1.13 bits per heavy atom. The van der Waals surface area contributed by atoms with Crippen LogP contribution in [0.5, 0.6) is 0 Å². The molecule has 0 aliphatic carbocycles. The van der Waals surface area contributed by atoms with E-state index in [9.17, 15) is 26.8 Å². The molecule has 11 heteroatoms. The molecular weight excluding hydrogens is 452 g/mol. The molecule has 0 unspecified atom stereocenters. The SMILES string of the molecule is CNC(=O)[C@@H](C)N(Cc1ccccc1F)C(=O)CN(c1ccc(F)c(Cl)c1)S(C)(=O)=O. The highest BCUT2D eigenvalue weighted by atomic mass is 35.5. The number of benzene rings is 2. The molecule has 0 radical (unpaired) electrons. The Morgan fingerprint density at radius 2 is 1.77 bits per heavy atom. The number of nitrogens with zero attached hydrogens (tertiary/aromatic N) is 2. The summed E-state index contributed by atoms with van der Waals surface area (Å²) in [5.74, 6) is -2.60. The van der Waals surface area contributed by atoms with Crippen LogP contribution in [0, 0.1) is 11.6 Å². The Hall–Kier alpha value is -2.72. The van der Waals surface area contributed by atoms with E-state index in [0.29, 0.717) is 0 Å². The molecule has 0 aliphatic rings. The van der Waals surface area contributed by atoms with Gasteiger partial charge in [-0.2, -0.15) is 0 Å². The fraction of sp³-hybridized carbons (Fsp3) is 0.300. The lowest BCUT2D eigenvalue weighted by Crippen LogP contribution is -2.50. The molecule has 0 heterocycles. The van der Waals surface area contributed by atoms with Gasteiger partial charge in [0.25, 0.3) is 0 Å². The first-order valence-corrected chi connectivity index (χ1v) is 11.4.